The second-order valence-corrected chi connectivity index (χ2v) is 5.72. The maximum atomic E-state index is 12.3. The molecule has 3 aromatic rings. The van der Waals surface area contributed by atoms with Gasteiger partial charge in [0.25, 0.3) is 5.91 Å². The van der Waals surface area contributed by atoms with Crippen LogP contribution >= 0.6 is 11.3 Å². The number of carbonyl (C=O) groups excluding carboxylic acids is 1. The topological polar surface area (TPSA) is 55.1 Å². The summed E-state index contributed by atoms with van der Waals surface area (Å²) in [6.07, 6.45) is 0. The molecule has 0 radical (unpaired) electrons. The number of aromatic nitrogens is 1. The van der Waals surface area contributed by atoms with Gasteiger partial charge in [-0.05, 0) is 36.4 Å². The SMILES string of the molecule is Cc1cccc(C)c1NC(=O)c1cc(-c2cccs2)on1. The number of rotatable bonds is 3. The van der Waals surface area contributed by atoms with Crippen LogP contribution < -0.4 is 5.32 Å². The molecule has 2 heterocycles. The highest BCUT2D eigenvalue weighted by molar-refractivity contribution is 7.13. The van der Waals surface area contributed by atoms with Gasteiger partial charge in [-0.2, -0.15) is 0 Å². The van der Waals surface area contributed by atoms with Gasteiger partial charge in [0, 0.05) is 11.8 Å². The third-order valence-electron chi connectivity index (χ3n) is 3.23. The van der Waals surface area contributed by atoms with Crippen molar-refractivity contribution < 1.29 is 9.32 Å². The Morgan fingerprint density at radius 2 is 1.95 bits per heavy atom. The van der Waals surface area contributed by atoms with Crippen molar-refractivity contribution in [3.63, 3.8) is 0 Å². The second kappa shape index (κ2) is 5.54. The molecule has 0 saturated carbocycles. The van der Waals surface area contributed by atoms with Gasteiger partial charge in [0.05, 0.1) is 4.88 Å². The van der Waals surface area contributed by atoms with Crippen molar-refractivity contribution >= 4 is 22.9 Å². The molecule has 1 amide bonds. The normalized spacial score (nSPS) is 10.6. The Bertz CT molecular complexity index is 755. The van der Waals surface area contributed by atoms with E-state index in [0.29, 0.717) is 5.76 Å². The molecule has 0 aliphatic carbocycles. The van der Waals surface area contributed by atoms with E-state index in [1.807, 2.05) is 49.6 Å². The standard InChI is InChI=1S/C16H14N2O2S/c1-10-5-3-6-11(2)15(10)17-16(19)12-9-13(20-18-12)14-7-4-8-21-14/h3-9H,1-2H3,(H,17,19). The lowest BCUT2D eigenvalue weighted by molar-refractivity contribution is 0.101. The Kier molecular flexibility index (Phi) is 3.58. The average Bonchev–Trinajstić information content (AvgIpc) is 3.12. The summed E-state index contributed by atoms with van der Waals surface area (Å²) in [5, 5.41) is 8.70. The van der Waals surface area contributed by atoms with E-state index >= 15 is 0 Å². The van der Waals surface area contributed by atoms with Crippen molar-refractivity contribution in [1.29, 1.82) is 0 Å². The molecule has 4 nitrogen and oxygen atoms in total. The Morgan fingerprint density at radius 3 is 2.62 bits per heavy atom. The number of anilines is 1. The molecule has 5 heteroatoms. The molecule has 2 aromatic heterocycles. The van der Waals surface area contributed by atoms with Crippen LogP contribution in [0.1, 0.15) is 21.6 Å². The van der Waals surface area contributed by atoms with E-state index in [-0.39, 0.29) is 11.6 Å². The molecular weight excluding hydrogens is 284 g/mol. The summed E-state index contributed by atoms with van der Waals surface area (Å²) in [5.41, 5.74) is 3.14. The average molecular weight is 298 g/mol. The number of para-hydroxylation sites is 1. The van der Waals surface area contributed by atoms with Gasteiger partial charge in [-0.3, -0.25) is 4.79 Å². The molecule has 0 aliphatic heterocycles. The lowest BCUT2D eigenvalue weighted by Crippen LogP contribution is -2.14. The molecule has 21 heavy (non-hydrogen) atoms. The van der Waals surface area contributed by atoms with Crippen molar-refractivity contribution in [2.75, 3.05) is 5.32 Å². The maximum absolute atomic E-state index is 12.3. The van der Waals surface area contributed by atoms with Gasteiger partial charge < -0.3 is 9.84 Å². The first-order valence-corrected chi connectivity index (χ1v) is 7.41. The predicted octanol–water partition coefficient (Wildman–Crippen LogP) is 4.27. The Balaban J connectivity index is 1.83. The van der Waals surface area contributed by atoms with E-state index in [2.05, 4.69) is 10.5 Å². The lowest BCUT2D eigenvalue weighted by Gasteiger charge is -2.09. The molecule has 3 rings (SSSR count). The van der Waals surface area contributed by atoms with Gasteiger partial charge in [-0.1, -0.05) is 29.4 Å². The van der Waals surface area contributed by atoms with Crippen LogP contribution in [0.2, 0.25) is 0 Å². The zero-order chi connectivity index (χ0) is 14.8. The van der Waals surface area contributed by atoms with Crippen molar-refractivity contribution in [2.24, 2.45) is 0 Å². The van der Waals surface area contributed by atoms with E-state index in [4.69, 9.17) is 4.52 Å². The minimum atomic E-state index is -0.265. The monoisotopic (exact) mass is 298 g/mol. The minimum Gasteiger partial charge on any atom is -0.355 e. The number of nitrogens with one attached hydrogen (secondary N) is 1. The van der Waals surface area contributed by atoms with Crippen LogP contribution in [0.25, 0.3) is 10.6 Å². The van der Waals surface area contributed by atoms with Crippen LogP contribution in [0, 0.1) is 13.8 Å². The summed E-state index contributed by atoms with van der Waals surface area (Å²) in [4.78, 5) is 13.2. The number of nitrogens with zero attached hydrogens (tertiary/aromatic N) is 1. The Hall–Kier alpha value is -2.40. The molecule has 0 fully saturated rings. The van der Waals surface area contributed by atoms with Crippen molar-refractivity contribution in [2.45, 2.75) is 13.8 Å². The summed E-state index contributed by atoms with van der Waals surface area (Å²) >= 11 is 1.54. The first-order valence-electron chi connectivity index (χ1n) is 6.53. The van der Waals surface area contributed by atoms with Crippen LogP contribution in [0.3, 0.4) is 0 Å². The molecule has 0 unspecified atom stereocenters. The van der Waals surface area contributed by atoms with Crippen LogP contribution in [0.15, 0.2) is 46.3 Å². The maximum Gasteiger partial charge on any atom is 0.277 e. The Morgan fingerprint density at radius 1 is 1.19 bits per heavy atom. The van der Waals surface area contributed by atoms with Crippen molar-refractivity contribution in [1.82, 2.24) is 5.16 Å². The highest BCUT2D eigenvalue weighted by Gasteiger charge is 2.15. The number of benzene rings is 1. The molecule has 0 bridgehead atoms. The number of hydrogen-bond donors (Lipinski definition) is 1. The lowest BCUT2D eigenvalue weighted by atomic mass is 10.1. The first kappa shape index (κ1) is 13.6. The smallest absolute Gasteiger partial charge is 0.277 e. The third kappa shape index (κ3) is 2.73. The van der Waals surface area contributed by atoms with Gasteiger partial charge >= 0.3 is 0 Å². The molecule has 0 atom stereocenters. The summed E-state index contributed by atoms with van der Waals surface area (Å²) in [6.45, 7) is 3.92. The van der Waals surface area contributed by atoms with Crippen molar-refractivity contribution in [3.8, 4) is 10.6 Å². The number of hydrogen-bond acceptors (Lipinski definition) is 4. The largest absolute Gasteiger partial charge is 0.355 e. The predicted molar refractivity (Wildman–Crippen MR) is 83.7 cm³/mol. The van der Waals surface area contributed by atoms with Crippen LogP contribution in [-0.2, 0) is 0 Å². The number of amides is 1. The zero-order valence-corrected chi connectivity index (χ0v) is 12.5. The molecular formula is C16H14N2O2S. The van der Waals surface area contributed by atoms with Crippen LogP contribution in [0.5, 0.6) is 0 Å². The van der Waals surface area contributed by atoms with Crippen LogP contribution in [-0.4, -0.2) is 11.1 Å². The molecule has 0 aliphatic rings. The van der Waals surface area contributed by atoms with E-state index in [1.165, 1.54) is 0 Å². The number of aryl methyl sites for hydroxylation is 2. The van der Waals surface area contributed by atoms with E-state index in [1.54, 1.807) is 17.4 Å². The van der Waals surface area contributed by atoms with E-state index in [9.17, 15) is 4.79 Å². The first-order chi connectivity index (χ1) is 10.1. The highest BCUT2D eigenvalue weighted by Crippen LogP contribution is 2.26. The molecule has 0 spiro atoms. The molecule has 1 N–H and O–H groups in total. The van der Waals surface area contributed by atoms with E-state index < -0.39 is 0 Å². The molecule has 1 aromatic carbocycles. The fourth-order valence-electron chi connectivity index (χ4n) is 2.11. The Labute approximate surface area is 126 Å². The molecule has 0 saturated heterocycles. The third-order valence-corrected chi connectivity index (χ3v) is 4.11. The summed E-state index contributed by atoms with van der Waals surface area (Å²) in [6, 6.07) is 11.4. The van der Waals surface area contributed by atoms with Gasteiger partial charge in [-0.15, -0.1) is 11.3 Å². The van der Waals surface area contributed by atoms with Crippen LogP contribution in [0.4, 0.5) is 5.69 Å². The quantitative estimate of drug-likeness (QED) is 0.785. The van der Waals surface area contributed by atoms with Gasteiger partial charge in [0.15, 0.2) is 11.5 Å². The second-order valence-electron chi connectivity index (χ2n) is 4.77. The minimum absolute atomic E-state index is 0.265. The zero-order valence-electron chi connectivity index (χ0n) is 11.7. The van der Waals surface area contributed by atoms with E-state index in [0.717, 1.165) is 21.7 Å². The number of thiophene rings is 1. The summed E-state index contributed by atoms with van der Waals surface area (Å²) in [5.74, 6) is 0.343. The summed E-state index contributed by atoms with van der Waals surface area (Å²) in [7, 11) is 0. The molecule has 106 valence electrons. The van der Waals surface area contributed by atoms with Gasteiger partial charge in [-0.25, -0.2) is 0 Å². The van der Waals surface area contributed by atoms with Gasteiger partial charge in [0.2, 0.25) is 0 Å². The number of carbonyl (C=O) groups is 1. The van der Waals surface area contributed by atoms with Gasteiger partial charge in [0.1, 0.15) is 0 Å². The fourth-order valence-corrected chi connectivity index (χ4v) is 2.78. The highest BCUT2D eigenvalue weighted by atomic mass is 32.1. The summed E-state index contributed by atoms with van der Waals surface area (Å²) < 4.78 is 5.23. The van der Waals surface area contributed by atoms with Crippen molar-refractivity contribution in [3.05, 3.63) is 58.6 Å². The fraction of sp³-hybridized carbons (Fsp3) is 0.125.